The maximum Gasteiger partial charge on any atom is 0.331 e. The maximum absolute atomic E-state index is 10.9. The van der Waals surface area contributed by atoms with Gasteiger partial charge in [-0.1, -0.05) is 45.8 Å². The van der Waals surface area contributed by atoms with Crippen molar-refractivity contribution in [2.24, 2.45) is 5.92 Å². The van der Waals surface area contributed by atoms with E-state index in [-0.39, 0.29) is 17.1 Å². The number of carbonyl (C=O) groups is 4. The largest absolute Gasteiger partial charge is 0.481 e. The fourth-order valence-corrected chi connectivity index (χ4v) is 2.06. The lowest BCUT2D eigenvalue weighted by molar-refractivity contribution is -0.139. The van der Waals surface area contributed by atoms with Gasteiger partial charge in [0.05, 0.1) is 12.8 Å². The quantitative estimate of drug-likeness (QED) is 0.382. The Morgan fingerprint density at radius 1 is 0.846 bits per heavy atom. The monoisotopic (exact) mass is 372 g/mol. The third-order valence-corrected chi connectivity index (χ3v) is 3.31. The molecule has 0 aliphatic heterocycles. The van der Waals surface area contributed by atoms with Crippen LogP contribution in [0.2, 0.25) is 0 Å². The average Bonchev–Trinajstić information content (AvgIpc) is 2.51. The Bertz CT molecular complexity index is 533. The van der Waals surface area contributed by atoms with Gasteiger partial charge in [-0.05, 0) is 18.8 Å². The van der Waals surface area contributed by atoms with Crippen LogP contribution in [-0.4, -0.2) is 44.3 Å². The molecule has 0 heterocycles. The molecule has 0 aromatic heterocycles. The van der Waals surface area contributed by atoms with Crippen molar-refractivity contribution in [2.75, 3.05) is 0 Å². The fourth-order valence-electron chi connectivity index (χ4n) is 2.06. The first-order valence-corrected chi connectivity index (χ1v) is 8.33. The van der Waals surface area contributed by atoms with Crippen molar-refractivity contribution < 1.29 is 39.6 Å². The molecule has 4 N–H and O–H groups in total. The van der Waals surface area contributed by atoms with Crippen LogP contribution in [0.25, 0.3) is 0 Å². The van der Waals surface area contributed by atoms with E-state index in [0.29, 0.717) is 0 Å². The van der Waals surface area contributed by atoms with E-state index in [9.17, 15) is 19.2 Å². The molecular formula is C18H28O8. The lowest BCUT2D eigenvalue weighted by Crippen LogP contribution is -2.09. The van der Waals surface area contributed by atoms with Crippen LogP contribution in [0, 0.1) is 5.92 Å². The normalized spacial score (nSPS) is 11.7. The molecule has 1 atom stereocenters. The third kappa shape index (κ3) is 14.9. The molecule has 0 aliphatic carbocycles. The summed E-state index contributed by atoms with van der Waals surface area (Å²) in [5.41, 5.74) is -0.297. The number of carboxylic acid groups (broad SMARTS) is 4. The van der Waals surface area contributed by atoms with E-state index < -0.39 is 36.7 Å². The van der Waals surface area contributed by atoms with E-state index in [1.54, 1.807) is 6.08 Å². The highest BCUT2D eigenvalue weighted by atomic mass is 16.4. The molecule has 0 rings (SSSR count). The minimum Gasteiger partial charge on any atom is -0.481 e. The number of unbranched alkanes of at least 4 members (excludes halogenated alkanes) is 1. The summed E-state index contributed by atoms with van der Waals surface area (Å²) in [7, 11) is 0. The molecule has 0 saturated carbocycles. The first-order chi connectivity index (χ1) is 12.0. The number of hydrogen-bond acceptors (Lipinski definition) is 4. The number of allylic oxidation sites excluding steroid dienone is 1. The van der Waals surface area contributed by atoms with Crippen molar-refractivity contribution in [3.8, 4) is 0 Å². The van der Waals surface area contributed by atoms with E-state index in [0.717, 1.165) is 32.1 Å². The highest BCUT2D eigenvalue weighted by molar-refractivity contribution is 5.92. The van der Waals surface area contributed by atoms with Crippen LogP contribution in [0.3, 0.4) is 0 Å². The minimum atomic E-state index is -1.27. The molecule has 0 fully saturated rings. The van der Waals surface area contributed by atoms with E-state index in [4.69, 9.17) is 20.4 Å². The molecule has 0 radical (unpaired) electrons. The molecule has 0 bridgehead atoms. The minimum absolute atomic E-state index is 0.00653. The summed E-state index contributed by atoms with van der Waals surface area (Å²) < 4.78 is 0. The molecule has 0 spiro atoms. The van der Waals surface area contributed by atoms with Gasteiger partial charge >= 0.3 is 23.9 Å². The molecule has 0 saturated heterocycles. The van der Waals surface area contributed by atoms with Crippen molar-refractivity contribution in [1.82, 2.24) is 0 Å². The first-order valence-electron chi connectivity index (χ1n) is 8.33. The van der Waals surface area contributed by atoms with Crippen LogP contribution in [0.5, 0.6) is 0 Å². The van der Waals surface area contributed by atoms with Crippen LogP contribution in [-0.2, 0) is 19.2 Å². The summed E-state index contributed by atoms with van der Waals surface area (Å²) in [6.45, 7) is 7.15. The SMILES string of the molecule is C=C(CC(=O)O)C(=O)O.CCCCC(C=C(CC(=O)O)C(=O)O)CCC. The average molecular weight is 372 g/mol. The summed E-state index contributed by atoms with van der Waals surface area (Å²) in [4.78, 5) is 41.1. The van der Waals surface area contributed by atoms with Gasteiger partial charge in [0.25, 0.3) is 0 Å². The first kappa shape index (κ1) is 25.6. The van der Waals surface area contributed by atoms with E-state index >= 15 is 0 Å². The molecule has 26 heavy (non-hydrogen) atoms. The number of carboxylic acids is 4. The van der Waals surface area contributed by atoms with E-state index in [2.05, 4.69) is 13.5 Å². The zero-order valence-corrected chi connectivity index (χ0v) is 15.2. The van der Waals surface area contributed by atoms with Crippen molar-refractivity contribution in [3.05, 3.63) is 23.8 Å². The Morgan fingerprint density at radius 2 is 1.38 bits per heavy atom. The Labute approximate surface area is 152 Å². The van der Waals surface area contributed by atoms with Crippen LogP contribution in [0.4, 0.5) is 0 Å². The summed E-state index contributed by atoms with van der Waals surface area (Å²) in [6, 6.07) is 0. The van der Waals surface area contributed by atoms with Crippen LogP contribution in [0.15, 0.2) is 23.8 Å². The smallest absolute Gasteiger partial charge is 0.331 e. The summed E-state index contributed by atoms with van der Waals surface area (Å²) in [5, 5.41) is 33.7. The second-order valence-corrected chi connectivity index (χ2v) is 5.74. The highest BCUT2D eigenvalue weighted by Gasteiger charge is 2.14. The third-order valence-electron chi connectivity index (χ3n) is 3.31. The molecule has 0 aromatic rings. The molecule has 0 aliphatic rings. The van der Waals surface area contributed by atoms with Gasteiger partial charge in [0.2, 0.25) is 0 Å². The summed E-state index contributed by atoms with van der Waals surface area (Å²) >= 11 is 0. The Morgan fingerprint density at radius 3 is 1.69 bits per heavy atom. The van der Waals surface area contributed by atoms with Crippen molar-refractivity contribution in [1.29, 1.82) is 0 Å². The second kappa shape index (κ2) is 14.7. The molecule has 0 aromatic carbocycles. The molecule has 0 amide bonds. The van der Waals surface area contributed by atoms with Crippen LogP contribution in [0.1, 0.15) is 58.8 Å². The van der Waals surface area contributed by atoms with Gasteiger partial charge in [-0.2, -0.15) is 0 Å². The Hall–Kier alpha value is -2.64. The zero-order chi connectivity index (χ0) is 20.7. The number of aliphatic carboxylic acids is 4. The second-order valence-electron chi connectivity index (χ2n) is 5.74. The van der Waals surface area contributed by atoms with Gasteiger partial charge in [0, 0.05) is 11.1 Å². The van der Waals surface area contributed by atoms with E-state index in [1.165, 1.54) is 0 Å². The molecular weight excluding hydrogens is 344 g/mol. The maximum atomic E-state index is 10.9. The Balaban J connectivity index is 0. The van der Waals surface area contributed by atoms with Gasteiger partial charge < -0.3 is 20.4 Å². The standard InChI is InChI=1S/C13H22O4.C5H6O4/c1-3-5-7-10(6-4-2)8-11(13(16)17)9-12(14)15;1-3(5(8)9)2-4(6)7/h8,10H,3-7,9H2,1-2H3,(H,14,15)(H,16,17);1-2H2,(H,6,7)(H,8,9). The topological polar surface area (TPSA) is 149 Å². The number of rotatable bonds is 12. The highest BCUT2D eigenvalue weighted by Crippen LogP contribution is 2.19. The lowest BCUT2D eigenvalue weighted by Gasteiger charge is -2.12. The predicted molar refractivity (Wildman–Crippen MR) is 94.9 cm³/mol. The van der Waals surface area contributed by atoms with Gasteiger partial charge in [0.15, 0.2) is 0 Å². The van der Waals surface area contributed by atoms with Gasteiger partial charge in [0.1, 0.15) is 0 Å². The molecule has 8 nitrogen and oxygen atoms in total. The summed E-state index contributed by atoms with van der Waals surface area (Å²) in [5.74, 6) is -4.47. The van der Waals surface area contributed by atoms with Crippen molar-refractivity contribution in [2.45, 2.75) is 58.8 Å². The van der Waals surface area contributed by atoms with Gasteiger partial charge in [-0.25, -0.2) is 9.59 Å². The zero-order valence-electron chi connectivity index (χ0n) is 15.2. The fraction of sp³-hybridized carbons (Fsp3) is 0.556. The van der Waals surface area contributed by atoms with Crippen molar-refractivity contribution >= 4 is 23.9 Å². The van der Waals surface area contributed by atoms with Gasteiger partial charge in [-0.3, -0.25) is 9.59 Å². The molecule has 1 unspecified atom stereocenters. The van der Waals surface area contributed by atoms with Crippen LogP contribution < -0.4 is 0 Å². The predicted octanol–water partition coefficient (Wildman–Crippen LogP) is 3.18. The lowest BCUT2D eigenvalue weighted by atomic mass is 9.94. The van der Waals surface area contributed by atoms with Crippen molar-refractivity contribution in [3.63, 3.8) is 0 Å². The van der Waals surface area contributed by atoms with Crippen LogP contribution >= 0.6 is 0 Å². The summed E-state index contributed by atoms with van der Waals surface area (Å²) in [6.07, 6.45) is 5.66. The Kier molecular flexibility index (Phi) is 14.5. The molecule has 148 valence electrons. The van der Waals surface area contributed by atoms with E-state index in [1.807, 2.05) is 6.92 Å². The molecule has 8 heteroatoms. The van der Waals surface area contributed by atoms with Gasteiger partial charge in [-0.15, -0.1) is 0 Å². The number of hydrogen-bond donors (Lipinski definition) is 4.